The Balaban J connectivity index is 0.00000625. The first-order valence-electron chi connectivity index (χ1n) is 8.67. The minimum absolute atomic E-state index is 0. The summed E-state index contributed by atoms with van der Waals surface area (Å²) in [6.07, 6.45) is 0.988. The summed E-state index contributed by atoms with van der Waals surface area (Å²) in [4.78, 5) is 17.7. The van der Waals surface area contributed by atoms with Gasteiger partial charge in [0.2, 0.25) is 5.91 Å². The van der Waals surface area contributed by atoms with E-state index >= 15 is 0 Å². The largest absolute Gasteiger partial charge is 0.497 e. The van der Waals surface area contributed by atoms with Crippen LogP contribution in [0.2, 0.25) is 0 Å². The normalized spacial score (nSPS) is 11.4. The summed E-state index contributed by atoms with van der Waals surface area (Å²) in [7, 11) is 5.14. The molecule has 0 aliphatic rings. The van der Waals surface area contributed by atoms with Crippen molar-refractivity contribution < 1.29 is 9.53 Å². The van der Waals surface area contributed by atoms with E-state index in [0.717, 1.165) is 18.7 Å². The van der Waals surface area contributed by atoms with Crippen LogP contribution in [0, 0.1) is 0 Å². The van der Waals surface area contributed by atoms with Crippen LogP contribution in [0.1, 0.15) is 32.8 Å². The number of hydrogen-bond donors (Lipinski definition) is 2. The molecule has 6 nitrogen and oxygen atoms in total. The van der Waals surface area contributed by atoms with Crippen LogP contribution >= 0.6 is 24.0 Å². The van der Waals surface area contributed by atoms with Crippen molar-refractivity contribution in [1.82, 2.24) is 15.5 Å². The lowest BCUT2D eigenvalue weighted by Crippen LogP contribution is -2.44. The Morgan fingerprint density at radius 2 is 1.96 bits per heavy atom. The van der Waals surface area contributed by atoms with Crippen molar-refractivity contribution in [3.05, 3.63) is 29.8 Å². The van der Waals surface area contributed by atoms with Crippen molar-refractivity contribution in [3.63, 3.8) is 0 Å². The SMILES string of the molecule is CCCNC(=NCC(=O)N(C)C)NCC(C)(C)c1cccc(OC)c1.I. The van der Waals surface area contributed by atoms with Crippen LogP contribution in [0.5, 0.6) is 5.75 Å². The molecule has 0 fully saturated rings. The molecule has 2 N–H and O–H groups in total. The molecule has 1 aromatic rings. The van der Waals surface area contributed by atoms with E-state index in [4.69, 9.17) is 4.74 Å². The Kier molecular flexibility index (Phi) is 11.3. The first kappa shape index (κ1) is 24.5. The number of hydrogen-bond acceptors (Lipinski definition) is 3. The maximum Gasteiger partial charge on any atom is 0.243 e. The van der Waals surface area contributed by atoms with E-state index in [1.165, 1.54) is 5.56 Å². The molecule has 0 spiro atoms. The lowest BCUT2D eigenvalue weighted by molar-refractivity contribution is -0.127. The predicted octanol–water partition coefficient (Wildman–Crippen LogP) is 2.62. The molecule has 0 atom stereocenters. The van der Waals surface area contributed by atoms with Gasteiger partial charge in [0.15, 0.2) is 5.96 Å². The van der Waals surface area contributed by atoms with E-state index in [1.54, 1.807) is 26.1 Å². The Morgan fingerprint density at radius 3 is 2.54 bits per heavy atom. The molecule has 0 unspecified atom stereocenters. The third-order valence-electron chi connectivity index (χ3n) is 3.96. The number of carbonyl (C=O) groups is 1. The highest BCUT2D eigenvalue weighted by molar-refractivity contribution is 14.0. The number of carbonyl (C=O) groups excluding carboxylic acids is 1. The van der Waals surface area contributed by atoms with E-state index in [2.05, 4.69) is 42.5 Å². The van der Waals surface area contributed by atoms with E-state index < -0.39 is 0 Å². The number of halogens is 1. The zero-order valence-electron chi connectivity index (χ0n) is 16.8. The van der Waals surface area contributed by atoms with Crippen molar-refractivity contribution in [2.75, 3.05) is 40.8 Å². The predicted molar refractivity (Wildman–Crippen MR) is 119 cm³/mol. The Hall–Kier alpha value is -1.51. The van der Waals surface area contributed by atoms with Gasteiger partial charge < -0.3 is 20.3 Å². The average Bonchev–Trinajstić information content (AvgIpc) is 2.60. The number of likely N-dealkylation sites (N-methyl/N-ethyl adjacent to an activating group) is 1. The van der Waals surface area contributed by atoms with Crippen LogP contribution in [0.3, 0.4) is 0 Å². The number of ether oxygens (including phenoxy) is 1. The van der Waals surface area contributed by atoms with Crippen molar-refractivity contribution in [2.24, 2.45) is 4.99 Å². The maximum absolute atomic E-state index is 11.8. The molecular formula is C19H33IN4O2. The molecule has 1 amide bonds. The summed E-state index contributed by atoms with van der Waals surface area (Å²) in [5.74, 6) is 1.48. The molecule has 0 saturated carbocycles. The topological polar surface area (TPSA) is 66.0 Å². The molecule has 0 aliphatic carbocycles. The van der Waals surface area contributed by atoms with E-state index in [9.17, 15) is 4.79 Å². The van der Waals surface area contributed by atoms with E-state index in [-0.39, 0.29) is 41.8 Å². The zero-order chi connectivity index (χ0) is 18.9. The lowest BCUT2D eigenvalue weighted by Gasteiger charge is -2.27. The fraction of sp³-hybridized carbons (Fsp3) is 0.579. The monoisotopic (exact) mass is 476 g/mol. The fourth-order valence-corrected chi connectivity index (χ4v) is 2.16. The van der Waals surface area contributed by atoms with Crippen LogP contribution < -0.4 is 15.4 Å². The summed E-state index contributed by atoms with van der Waals surface area (Å²) in [6.45, 7) is 8.04. The molecule has 148 valence electrons. The molecule has 0 bridgehead atoms. The molecule has 7 heteroatoms. The first-order chi connectivity index (χ1) is 11.8. The second-order valence-electron chi connectivity index (χ2n) is 6.85. The van der Waals surface area contributed by atoms with E-state index in [1.807, 2.05) is 18.2 Å². The van der Waals surface area contributed by atoms with Gasteiger partial charge in [-0.1, -0.05) is 32.9 Å². The first-order valence-corrected chi connectivity index (χ1v) is 8.67. The summed E-state index contributed by atoms with van der Waals surface area (Å²) in [6, 6.07) is 8.08. The van der Waals surface area contributed by atoms with Gasteiger partial charge in [0, 0.05) is 32.6 Å². The standard InChI is InChI=1S/C19H32N4O2.HI/c1-7-11-20-18(21-13-17(24)23(4)5)22-14-19(2,3)15-9-8-10-16(12-15)25-6;/h8-10,12H,7,11,13-14H2,1-6H3,(H2,20,21,22);1H. The summed E-state index contributed by atoms with van der Waals surface area (Å²) in [5, 5.41) is 6.61. The molecule has 0 aliphatic heterocycles. The Labute approximate surface area is 174 Å². The van der Waals surface area contributed by atoms with Crippen LogP contribution in [0.25, 0.3) is 0 Å². The van der Waals surface area contributed by atoms with Crippen LogP contribution in [0.15, 0.2) is 29.3 Å². The van der Waals surface area contributed by atoms with Crippen molar-refractivity contribution in [1.29, 1.82) is 0 Å². The van der Waals surface area contributed by atoms with Gasteiger partial charge in [0.05, 0.1) is 7.11 Å². The number of guanidine groups is 1. The number of methoxy groups -OCH3 is 1. The second kappa shape index (κ2) is 12.0. The highest BCUT2D eigenvalue weighted by Gasteiger charge is 2.21. The number of amides is 1. The van der Waals surface area contributed by atoms with Gasteiger partial charge in [-0.15, -0.1) is 24.0 Å². The van der Waals surface area contributed by atoms with Crippen molar-refractivity contribution in [2.45, 2.75) is 32.6 Å². The van der Waals surface area contributed by atoms with Crippen molar-refractivity contribution in [3.8, 4) is 5.75 Å². The molecule has 1 aromatic carbocycles. The minimum atomic E-state index is -0.116. The number of benzene rings is 1. The Bertz CT molecular complexity index is 589. The fourth-order valence-electron chi connectivity index (χ4n) is 2.16. The maximum atomic E-state index is 11.8. The summed E-state index contributed by atoms with van der Waals surface area (Å²) >= 11 is 0. The molecule has 1 rings (SSSR count). The highest BCUT2D eigenvalue weighted by atomic mass is 127. The number of nitrogens with zero attached hydrogens (tertiary/aromatic N) is 2. The van der Waals surface area contributed by atoms with Crippen LogP contribution in [-0.2, 0) is 10.2 Å². The summed E-state index contributed by atoms with van der Waals surface area (Å²) < 4.78 is 5.32. The zero-order valence-corrected chi connectivity index (χ0v) is 19.1. The number of rotatable bonds is 8. The highest BCUT2D eigenvalue weighted by Crippen LogP contribution is 2.25. The molecule has 0 radical (unpaired) electrons. The molecular weight excluding hydrogens is 443 g/mol. The smallest absolute Gasteiger partial charge is 0.243 e. The van der Waals surface area contributed by atoms with Crippen LogP contribution in [-0.4, -0.2) is 57.6 Å². The van der Waals surface area contributed by atoms with Crippen molar-refractivity contribution >= 4 is 35.8 Å². The number of aliphatic imine (C=N–C) groups is 1. The van der Waals surface area contributed by atoms with Gasteiger partial charge in [-0.2, -0.15) is 0 Å². The van der Waals surface area contributed by atoms with Gasteiger partial charge in [0.1, 0.15) is 12.3 Å². The molecule has 0 heterocycles. The van der Waals surface area contributed by atoms with E-state index in [0.29, 0.717) is 12.5 Å². The third kappa shape index (κ3) is 8.25. The number of nitrogens with one attached hydrogen (secondary N) is 2. The van der Waals surface area contributed by atoms with Crippen LogP contribution in [0.4, 0.5) is 0 Å². The molecule has 26 heavy (non-hydrogen) atoms. The quantitative estimate of drug-likeness (QED) is 0.344. The second-order valence-corrected chi connectivity index (χ2v) is 6.85. The third-order valence-corrected chi connectivity index (χ3v) is 3.96. The van der Waals surface area contributed by atoms with Gasteiger partial charge in [-0.25, -0.2) is 4.99 Å². The summed E-state index contributed by atoms with van der Waals surface area (Å²) in [5.41, 5.74) is 1.06. The van der Waals surface area contributed by atoms with Gasteiger partial charge >= 0.3 is 0 Å². The Morgan fingerprint density at radius 1 is 1.27 bits per heavy atom. The van der Waals surface area contributed by atoms with Gasteiger partial charge in [-0.3, -0.25) is 4.79 Å². The minimum Gasteiger partial charge on any atom is -0.497 e. The van der Waals surface area contributed by atoms with Gasteiger partial charge in [-0.05, 0) is 24.1 Å². The van der Waals surface area contributed by atoms with Gasteiger partial charge in [0.25, 0.3) is 0 Å². The average molecular weight is 476 g/mol. The molecule has 0 aromatic heterocycles. The molecule has 0 saturated heterocycles. The lowest BCUT2D eigenvalue weighted by atomic mass is 9.84.